The minimum absolute atomic E-state index is 0.166. The normalized spacial score (nSPS) is 24.5. The van der Waals surface area contributed by atoms with Crippen LogP contribution < -0.4 is 0 Å². The van der Waals surface area contributed by atoms with Gasteiger partial charge in [-0.15, -0.1) is 0 Å². The van der Waals surface area contributed by atoms with E-state index in [0.29, 0.717) is 0 Å². The van der Waals surface area contributed by atoms with Crippen LogP contribution >= 0.6 is 0 Å². The van der Waals surface area contributed by atoms with Crippen molar-refractivity contribution in [1.29, 1.82) is 0 Å². The Morgan fingerprint density at radius 1 is 1.33 bits per heavy atom. The van der Waals surface area contributed by atoms with Crippen molar-refractivity contribution in [1.82, 2.24) is 0 Å². The van der Waals surface area contributed by atoms with Crippen molar-refractivity contribution in [3.05, 3.63) is 23.3 Å². The van der Waals surface area contributed by atoms with Gasteiger partial charge in [-0.25, -0.2) is 4.79 Å². The molecule has 15 heavy (non-hydrogen) atoms. The fourth-order valence-corrected chi connectivity index (χ4v) is 1.60. The third kappa shape index (κ3) is 1.32. The van der Waals surface area contributed by atoms with Crippen LogP contribution in [0.15, 0.2) is 12.1 Å². The highest BCUT2D eigenvalue weighted by atomic mass is 16.6. The van der Waals surface area contributed by atoms with E-state index >= 15 is 0 Å². The second-order valence-electron chi connectivity index (χ2n) is 3.45. The Hall–Kier alpha value is -1.75. The number of hydrogen-bond donors (Lipinski definition) is 3. The minimum atomic E-state index is -0.982. The van der Waals surface area contributed by atoms with Crippen molar-refractivity contribution in [3.8, 4) is 11.5 Å². The van der Waals surface area contributed by atoms with Gasteiger partial charge < -0.3 is 20.1 Å². The first-order valence-corrected chi connectivity index (χ1v) is 4.46. The molecule has 0 unspecified atom stereocenters. The van der Waals surface area contributed by atoms with Crippen LogP contribution in [0.25, 0.3) is 0 Å². The molecule has 0 saturated carbocycles. The number of esters is 1. The van der Waals surface area contributed by atoms with E-state index in [0.717, 1.165) is 0 Å². The summed E-state index contributed by atoms with van der Waals surface area (Å²) in [6.07, 6.45) is -1.64. The Morgan fingerprint density at radius 2 is 2.00 bits per heavy atom. The summed E-state index contributed by atoms with van der Waals surface area (Å²) in [6.45, 7) is 1.55. The highest BCUT2D eigenvalue weighted by Crippen LogP contribution is 2.39. The summed E-state index contributed by atoms with van der Waals surface area (Å²) in [5.41, 5.74) is 0.106. The summed E-state index contributed by atoms with van der Waals surface area (Å²) in [7, 11) is 0. The van der Waals surface area contributed by atoms with Gasteiger partial charge in [-0.1, -0.05) is 6.07 Å². The predicted molar refractivity (Wildman–Crippen MR) is 49.6 cm³/mol. The zero-order chi connectivity index (χ0) is 11.2. The monoisotopic (exact) mass is 210 g/mol. The fourth-order valence-electron chi connectivity index (χ4n) is 1.60. The second-order valence-corrected chi connectivity index (χ2v) is 3.45. The second kappa shape index (κ2) is 3.13. The van der Waals surface area contributed by atoms with Crippen LogP contribution in [0.1, 0.15) is 28.9 Å². The van der Waals surface area contributed by atoms with Crippen LogP contribution in [0.5, 0.6) is 11.5 Å². The van der Waals surface area contributed by atoms with E-state index in [4.69, 9.17) is 4.74 Å². The lowest BCUT2D eigenvalue weighted by Crippen LogP contribution is -2.29. The number of ether oxygens (including phenoxy) is 1. The van der Waals surface area contributed by atoms with Gasteiger partial charge in [-0.05, 0) is 13.0 Å². The number of cyclic esters (lactones) is 1. The summed E-state index contributed by atoms with van der Waals surface area (Å²) in [4.78, 5) is 11.4. The van der Waals surface area contributed by atoms with Crippen molar-refractivity contribution in [3.63, 3.8) is 0 Å². The number of carbonyl (C=O) groups excluding carboxylic acids is 1. The third-order valence-corrected chi connectivity index (χ3v) is 2.45. The molecule has 0 radical (unpaired) electrons. The number of hydrogen-bond acceptors (Lipinski definition) is 5. The number of rotatable bonds is 0. The van der Waals surface area contributed by atoms with E-state index in [1.54, 1.807) is 6.92 Å². The third-order valence-electron chi connectivity index (χ3n) is 2.45. The zero-order valence-electron chi connectivity index (χ0n) is 7.97. The molecule has 3 N–H and O–H groups in total. The molecular formula is C10H10O5. The molecule has 0 saturated heterocycles. The first kappa shape index (κ1) is 9.79. The number of phenolic OH excluding ortho intramolecular Hbond substituents is 2. The molecule has 2 atom stereocenters. The average Bonchev–Trinajstić information content (AvgIpc) is 2.18. The fraction of sp³-hybridized carbons (Fsp3) is 0.300. The minimum Gasteiger partial charge on any atom is -0.504 e. The molecular weight excluding hydrogens is 200 g/mol. The topological polar surface area (TPSA) is 87.0 Å². The molecule has 0 aliphatic carbocycles. The lowest BCUT2D eigenvalue weighted by atomic mass is 9.95. The Kier molecular flexibility index (Phi) is 2.04. The van der Waals surface area contributed by atoms with E-state index in [9.17, 15) is 20.1 Å². The molecule has 1 heterocycles. The molecule has 5 nitrogen and oxygen atoms in total. The van der Waals surface area contributed by atoms with E-state index in [-0.39, 0.29) is 11.1 Å². The molecule has 1 aliphatic heterocycles. The van der Waals surface area contributed by atoms with Crippen LogP contribution in [0.2, 0.25) is 0 Å². The maximum atomic E-state index is 11.4. The number of aromatic hydroxyl groups is 2. The lowest BCUT2D eigenvalue weighted by molar-refractivity contribution is -0.0217. The Labute approximate surface area is 85.5 Å². The SMILES string of the molecule is C[C@@H]1OC(=O)c2c(ccc(O)c2O)[C@@H]1O. The van der Waals surface area contributed by atoms with Crippen LogP contribution in [0, 0.1) is 0 Å². The van der Waals surface area contributed by atoms with Gasteiger partial charge in [0.2, 0.25) is 0 Å². The standard InChI is InChI=1S/C10H10O5/c1-4-8(12)5-2-3-6(11)9(13)7(5)10(14)15-4/h2-4,8,11-13H,1H3/t4-,8+/m0/s1. The number of phenols is 2. The smallest absolute Gasteiger partial charge is 0.342 e. The van der Waals surface area contributed by atoms with Gasteiger partial charge >= 0.3 is 5.97 Å². The predicted octanol–water partition coefficient (Wildman–Crippen LogP) is 0.690. The van der Waals surface area contributed by atoms with Crippen molar-refractivity contribution in [2.45, 2.75) is 19.1 Å². The molecule has 2 rings (SSSR count). The zero-order valence-corrected chi connectivity index (χ0v) is 7.97. The van der Waals surface area contributed by atoms with Crippen LogP contribution in [-0.4, -0.2) is 27.4 Å². The number of aliphatic hydroxyl groups is 1. The number of benzene rings is 1. The van der Waals surface area contributed by atoms with E-state index in [1.807, 2.05) is 0 Å². The van der Waals surface area contributed by atoms with Crippen LogP contribution in [0.3, 0.4) is 0 Å². The van der Waals surface area contributed by atoms with E-state index in [1.165, 1.54) is 12.1 Å². The quantitative estimate of drug-likeness (QED) is 0.433. The Bertz CT molecular complexity index is 426. The van der Waals surface area contributed by atoms with Gasteiger partial charge in [0, 0.05) is 5.56 Å². The highest BCUT2D eigenvalue weighted by molar-refractivity contribution is 5.96. The summed E-state index contributed by atoms with van der Waals surface area (Å²) in [5, 5.41) is 28.4. The van der Waals surface area contributed by atoms with Gasteiger partial charge in [0.15, 0.2) is 11.5 Å². The van der Waals surface area contributed by atoms with Crippen molar-refractivity contribution < 1.29 is 24.9 Å². The van der Waals surface area contributed by atoms with Gasteiger partial charge in [-0.3, -0.25) is 0 Å². The largest absolute Gasteiger partial charge is 0.504 e. The van der Waals surface area contributed by atoms with Gasteiger partial charge in [0.1, 0.15) is 17.8 Å². The number of fused-ring (bicyclic) bond motifs is 1. The Morgan fingerprint density at radius 3 is 2.67 bits per heavy atom. The summed E-state index contributed by atoms with van der Waals surface area (Å²) < 4.78 is 4.80. The molecule has 0 fully saturated rings. The van der Waals surface area contributed by atoms with Gasteiger partial charge in [-0.2, -0.15) is 0 Å². The van der Waals surface area contributed by atoms with Crippen molar-refractivity contribution >= 4 is 5.97 Å². The highest BCUT2D eigenvalue weighted by Gasteiger charge is 2.34. The first-order chi connectivity index (χ1) is 7.02. The molecule has 0 bridgehead atoms. The van der Waals surface area contributed by atoms with Crippen LogP contribution in [0.4, 0.5) is 0 Å². The molecule has 1 aromatic carbocycles. The maximum absolute atomic E-state index is 11.4. The molecule has 0 spiro atoms. The van der Waals surface area contributed by atoms with Gasteiger partial charge in [0.05, 0.1) is 0 Å². The summed E-state index contributed by atoms with van der Waals surface area (Å²) in [5.74, 6) is -1.70. The summed E-state index contributed by atoms with van der Waals surface area (Å²) >= 11 is 0. The van der Waals surface area contributed by atoms with Crippen molar-refractivity contribution in [2.75, 3.05) is 0 Å². The maximum Gasteiger partial charge on any atom is 0.342 e. The van der Waals surface area contributed by atoms with Crippen molar-refractivity contribution in [2.24, 2.45) is 0 Å². The van der Waals surface area contributed by atoms with E-state index < -0.39 is 29.7 Å². The van der Waals surface area contributed by atoms with Gasteiger partial charge in [0.25, 0.3) is 0 Å². The van der Waals surface area contributed by atoms with E-state index in [2.05, 4.69) is 0 Å². The summed E-state index contributed by atoms with van der Waals surface area (Å²) in [6, 6.07) is 2.62. The molecule has 1 aromatic rings. The first-order valence-electron chi connectivity index (χ1n) is 4.46. The number of aliphatic hydroxyl groups excluding tert-OH is 1. The molecule has 1 aliphatic rings. The Balaban J connectivity index is 2.66. The molecule has 0 amide bonds. The lowest BCUT2D eigenvalue weighted by Gasteiger charge is -2.27. The number of carbonyl (C=O) groups is 1. The van der Waals surface area contributed by atoms with Crippen LogP contribution in [-0.2, 0) is 4.74 Å². The average molecular weight is 210 g/mol. The molecule has 0 aromatic heterocycles. The molecule has 80 valence electrons. The molecule has 5 heteroatoms.